The van der Waals surface area contributed by atoms with Crippen molar-refractivity contribution in [2.75, 3.05) is 5.32 Å². The fourth-order valence-electron chi connectivity index (χ4n) is 3.41. The van der Waals surface area contributed by atoms with Gasteiger partial charge in [-0.3, -0.25) is 9.36 Å². The Bertz CT molecular complexity index is 1160. The molecule has 0 saturated heterocycles. The number of hydrogen-bond acceptors (Lipinski definition) is 4. The van der Waals surface area contributed by atoms with E-state index in [1.807, 2.05) is 54.0 Å². The van der Waals surface area contributed by atoms with Crippen molar-refractivity contribution in [3.05, 3.63) is 85.0 Å². The van der Waals surface area contributed by atoms with E-state index in [2.05, 4.69) is 41.3 Å². The molecule has 1 saturated carbocycles. The van der Waals surface area contributed by atoms with E-state index >= 15 is 0 Å². The Balaban J connectivity index is 1.56. The first kappa shape index (κ1) is 20.6. The summed E-state index contributed by atoms with van der Waals surface area (Å²) in [6.45, 7) is 7.99. The molecule has 1 aromatic heterocycles. The van der Waals surface area contributed by atoms with Gasteiger partial charge in [0, 0.05) is 17.6 Å². The molecular weight excluding hydrogens is 386 g/mol. The molecule has 1 atom stereocenters. The lowest BCUT2D eigenvalue weighted by atomic mass is 10.1. The van der Waals surface area contributed by atoms with Crippen LogP contribution in [-0.4, -0.2) is 21.3 Å². The maximum absolute atomic E-state index is 12.0. The summed E-state index contributed by atoms with van der Waals surface area (Å²) in [7, 11) is 0. The molecule has 1 aliphatic carbocycles. The molecule has 1 unspecified atom stereocenters. The number of carbonyl (C=O) groups is 1. The van der Waals surface area contributed by atoms with Crippen LogP contribution in [0, 0.1) is 5.92 Å². The van der Waals surface area contributed by atoms with E-state index < -0.39 is 0 Å². The number of hydrogen-bond donors (Lipinski definition) is 2. The fourth-order valence-corrected chi connectivity index (χ4v) is 3.41. The molecule has 0 aliphatic heterocycles. The summed E-state index contributed by atoms with van der Waals surface area (Å²) in [6, 6.07) is 16.1. The predicted octanol–water partition coefficient (Wildman–Crippen LogP) is 5.03. The number of benzene rings is 2. The smallest absolute Gasteiger partial charge is 0.227 e. The maximum Gasteiger partial charge on any atom is 0.227 e. The number of anilines is 1. The van der Waals surface area contributed by atoms with Crippen LogP contribution in [-0.2, 0) is 4.79 Å². The second-order valence-corrected chi connectivity index (χ2v) is 7.71. The topological polar surface area (TPSA) is 71.3 Å². The van der Waals surface area contributed by atoms with Crippen LogP contribution in [0.25, 0.3) is 11.0 Å². The Kier molecular flexibility index (Phi) is 5.98. The zero-order valence-corrected chi connectivity index (χ0v) is 17.9. The minimum absolute atomic E-state index is 0.0865. The van der Waals surface area contributed by atoms with Crippen LogP contribution in [0.2, 0.25) is 0 Å². The third-order valence-electron chi connectivity index (χ3n) is 5.36. The van der Waals surface area contributed by atoms with Gasteiger partial charge in [0.15, 0.2) is 0 Å². The second kappa shape index (κ2) is 9.00. The van der Waals surface area contributed by atoms with E-state index in [1.165, 1.54) is 5.56 Å². The number of nitrogens with zero attached hydrogens (tertiary/aromatic N) is 3. The molecule has 0 spiro atoms. The average Bonchev–Trinajstić information content (AvgIpc) is 3.57. The van der Waals surface area contributed by atoms with Crippen molar-refractivity contribution in [2.24, 2.45) is 10.9 Å². The van der Waals surface area contributed by atoms with Crippen molar-refractivity contribution in [1.29, 1.82) is 0 Å². The van der Waals surface area contributed by atoms with Gasteiger partial charge in [0.2, 0.25) is 5.91 Å². The van der Waals surface area contributed by atoms with Gasteiger partial charge < -0.3 is 10.6 Å². The van der Waals surface area contributed by atoms with Crippen LogP contribution in [0.5, 0.6) is 0 Å². The highest BCUT2D eigenvalue weighted by molar-refractivity contribution is 6.02. The van der Waals surface area contributed by atoms with E-state index in [-0.39, 0.29) is 17.9 Å². The third kappa shape index (κ3) is 4.74. The van der Waals surface area contributed by atoms with Crippen LogP contribution in [0.4, 0.5) is 5.69 Å². The Labute approximate surface area is 182 Å². The zero-order chi connectivity index (χ0) is 21.8. The van der Waals surface area contributed by atoms with E-state index in [0.29, 0.717) is 5.84 Å². The number of carbonyl (C=O) groups excluding carboxylic acids is 1. The van der Waals surface area contributed by atoms with E-state index in [0.717, 1.165) is 35.4 Å². The summed E-state index contributed by atoms with van der Waals surface area (Å²) in [4.78, 5) is 21.3. The molecule has 2 N–H and O–H groups in total. The first-order valence-corrected chi connectivity index (χ1v) is 10.6. The number of rotatable bonds is 7. The maximum atomic E-state index is 12.0. The van der Waals surface area contributed by atoms with E-state index in [9.17, 15) is 4.79 Å². The van der Waals surface area contributed by atoms with Gasteiger partial charge in [-0.2, -0.15) is 0 Å². The summed E-state index contributed by atoms with van der Waals surface area (Å²) >= 11 is 0. The molecule has 158 valence electrons. The number of aromatic nitrogens is 2. The Morgan fingerprint density at radius 1 is 1.26 bits per heavy atom. The minimum Gasteiger partial charge on any atom is -0.364 e. The number of amides is 1. The van der Waals surface area contributed by atoms with Crippen LogP contribution in [0.3, 0.4) is 0 Å². The molecule has 0 bridgehead atoms. The van der Waals surface area contributed by atoms with Gasteiger partial charge in [-0.25, -0.2) is 9.98 Å². The number of nitrogens with one attached hydrogen (secondary N) is 2. The SMILES string of the molecule is C=C/C(=N\C(=C/C)NC(C)c1ccccc1)n1cnc2cc(NC(=O)C3CC3)ccc21. The molecule has 4 rings (SSSR count). The summed E-state index contributed by atoms with van der Waals surface area (Å²) < 4.78 is 1.90. The second-order valence-electron chi connectivity index (χ2n) is 7.71. The van der Waals surface area contributed by atoms with Crippen molar-refractivity contribution in [3.63, 3.8) is 0 Å². The van der Waals surface area contributed by atoms with Crippen molar-refractivity contribution in [2.45, 2.75) is 32.7 Å². The van der Waals surface area contributed by atoms with Gasteiger partial charge in [0.05, 0.1) is 11.0 Å². The lowest BCUT2D eigenvalue weighted by molar-refractivity contribution is -0.117. The highest BCUT2D eigenvalue weighted by atomic mass is 16.2. The molecule has 2 aromatic carbocycles. The standard InChI is InChI=1S/C25H27N5O/c1-4-23(27-17(3)18-9-7-6-8-10-18)29-24(5-2)30-16-26-21-15-20(13-14-22(21)30)28-25(31)19-11-12-19/h4-10,13-17,19,27H,2,11-12H2,1,3H3,(H,28,31)/b23-4-,29-24+. The van der Waals surface area contributed by atoms with Gasteiger partial charge in [-0.1, -0.05) is 36.9 Å². The number of aliphatic imine (C=N–C) groups is 1. The van der Waals surface area contributed by atoms with E-state index in [1.54, 1.807) is 12.4 Å². The van der Waals surface area contributed by atoms with Crippen molar-refractivity contribution in [3.8, 4) is 0 Å². The van der Waals surface area contributed by atoms with Gasteiger partial charge >= 0.3 is 0 Å². The molecule has 0 radical (unpaired) electrons. The minimum atomic E-state index is 0.0865. The molecular formula is C25H27N5O. The summed E-state index contributed by atoms with van der Waals surface area (Å²) in [5.74, 6) is 1.67. The Morgan fingerprint density at radius 3 is 2.71 bits per heavy atom. The summed E-state index contributed by atoms with van der Waals surface area (Å²) in [5, 5.41) is 6.42. The third-order valence-corrected chi connectivity index (χ3v) is 5.36. The van der Waals surface area contributed by atoms with Gasteiger partial charge in [0.25, 0.3) is 0 Å². The van der Waals surface area contributed by atoms with Crippen LogP contribution >= 0.6 is 0 Å². The van der Waals surface area contributed by atoms with Crippen molar-refractivity contribution >= 4 is 28.5 Å². The Hall–Kier alpha value is -3.67. The van der Waals surface area contributed by atoms with Crippen LogP contribution in [0.1, 0.15) is 38.3 Å². The lowest BCUT2D eigenvalue weighted by Gasteiger charge is -2.16. The largest absolute Gasteiger partial charge is 0.364 e. The average molecular weight is 414 g/mol. The molecule has 1 fully saturated rings. The van der Waals surface area contributed by atoms with Crippen molar-refractivity contribution < 1.29 is 4.79 Å². The molecule has 6 nitrogen and oxygen atoms in total. The number of imidazole rings is 1. The number of allylic oxidation sites excluding steroid dienone is 2. The van der Waals surface area contributed by atoms with Crippen LogP contribution < -0.4 is 10.6 Å². The summed E-state index contributed by atoms with van der Waals surface area (Å²) in [6.07, 6.45) is 7.33. The molecule has 1 heterocycles. The van der Waals surface area contributed by atoms with Crippen molar-refractivity contribution in [1.82, 2.24) is 14.9 Å². The first-order valence-electron chi connectivity index (χ1n) is 10.6. The fraction of sp³-hybridized carbons (Fsp3) is 0.240. The predicted molar refractivity (Wildman–Crippen MR) is 126 cm³/mol. The summed E-state index contributed by atoms with van der Waals surface area (Å²) in [5.41, 5.74) is 3.63. The molecule has 1 aliphatic rings. The normalized spacial score (nSPS) is 15.5. The van der Waals surface area contributed by atoms with Gasteiger partial charge in [0.1, 0.15) is 18.0 Å². The van der Waals surface area contributed by atoms with Gasteiger partial charge in [-0.05, 0) is 62.6 Å². The quantitative estimate of drug-likeness (QED) is 0.422. The number of fused-ring (bicyclic) bond motifs is 1. The Morgan fingerprint density at radius 2 is 2.03 bits per heavy atom. The first-order chi connectivity index (χ1) is 15.1. The lowest BCUT2D eigenvalue weighted by Crippen LogP contribution is -2.19. The molecule has 31 heavy (non-hydrogen) atoms. The molecule has 3 aromatic rings. The molecule has 1 amide bonds. The highest BCUT2D eigenvalue weighted by Crippen LogP contribution is 2.30. The highest BCUT2D eigenvalue weighted by Gasteiger charge is 2.29. The van der Waals surface area contributed by atoms with E-state index in [4.69, 9.17) is 4.99 Å². The monoisotopic (exact) mass is 413 g/mol. The van der Waals surface area contributed by atoms with Crippen LogP contribution in [0.15, 0.2) is 84.4 Å². The molecule has 6 heteroatoms. The van der Waals surface area contributed by atoms with Gasteiger partial charge in [-0.15, -0.1) is 0 Å². The zero-order valence-electron chi connectivity index (χ0n) is 17.9.